The van der Waals surface area contributed by atoms with Gasteiger partial charge in [-0.25, -0.2) is 4.68 Å². The second-order valence-corrected chi connectivity index (χ2v) is 8.52. The van der Waals surface area contributed by atoms with Gasteiger partial charge in [-0.15, -0.1) is 0 Å². The van der Waals surface area contributed by atoms with Crippen LogP contribution in [0.15, 0.2) is 36.5 Å². The van der Waals surface area contributed by atoms with E-state index in [1.807, 2.05) is 4.90 Å². The molecule has 1 aromatic carbocycles. The number of amides is 2. The van der Waals surface area contributed by atoms with Crippen LogP contribution in [0, 0.1) is 22.0 Å². The van der Waals surface area contributed by atoms with Crippen LogP contribution >= 0.6 is 0 Å². The highest BCUT2D eigenvalue weighted by atomic mass is 16.6. The fraction of sp³-hybridized carbons (Fsp3) is 0.500. The summed E-state index contributed by atoms with van der Waals surface area (Å²) in [7, 11) is 0. The highest BCUT2D eigenvalue weighted by molar-refractivity contribution is 5.92. The van der Waals surface area contributed by atoms with E-state index in [4.69, 9.17) is 0 Å². The number of hydrogen-bond acceptors (Lipinski definition) is 5. The monoisotopic (exact) mass is 425 g/mol. The van der Waals surface area contributed by atoms with Gasteiger partial charge in [0.15, 0.2) is 5.69 Å². The SMILES string of the molecule is CC1CCCN(C(=O)C2CCN(C(=O)c3ccn(-c4ccc([N+](=O)[O-])cc4)n3)CC2)C1. The van der Waals surface area contributed by atoms with Crippen molar-refractivity contribution < 1.29 is 14.5 Å². The number of likely N-dealkylation sites (tertiary alicyclic amines) is 2. The van der Waals surface area contributed by atoms with E-state index in [0.717, 1.165) is 19.5 Å². The number of nitro groups is 1. The Morgan fingerprint density at radius 1 is 1.03 bits per heavy atom. The minimum atomic E-state index is -0.456. The largest absolute Gasteiger partial charge is 0.342 e. The standard InChI is InChI=1S/C22H27N5O4/c1-16-3-2-11-25(15-16)21(28)17-8-12-24(13-9-17)22(29)20-10-14-26(23-20)18-4-6-19(7-5-18)27(30)31/h4-7,10,14,16-17H,2-3,8-9,11-13,15H2,1H3. The van der Waals surface area contributed by atoms with Crippen LogP contribution in [0.25, 0.3) is 5.69 Å². The van der Waals surface area contributed by atoms with Crippen molar-refractivity contribution in [2.24, 2.45) is 11.8 Å². The van der Waals surface area contributed by atoms with Crippen LogP contribution in [0.5, 0.6) is 0 Å². The molecule has 1 atom stereocenters. The Balaban J connectivity index is 1.35. The molecule has 2 fully saturated rings. The lowest BCUT2D eigenvalue weighted by Gasteiger charge is -2.37. The number of nitrogens with zero attached hydrogens (tertiary/aromatic N) is 5. The van der Waals surface area contributed by atoms with Crippen LogP contribution in [0.1, 0.15) is 43.1 Å². The molecule has 2 saturated heterocycles. The third-order valence-corrected chi connectivity index (χ3v) is 6.23. The molecule has 2 aliphatic rings. The summed E-state index contributed by atoms with van der Waals surface area (Å²) in [6.45, 7) is 4.98. The molecular weight excluding hydrogens is 398 g/mol. The molecule has 31 heavy (non-hydrogen) atoms. The van der Waals surface area contributed by atoms with E-state index in [1.54, 1.807) is 29.3 Å². The summed E-state index contributed by atoms with van der Waals surface area (Å²) in [6, 6.07) is 7.65. The molecule has 0 radical (unpaired) electrons. The van der Waals surface area contributed by atoms with Crippen molar-refractivity contribution in [3.05, 3.63) is 52.3 Å². The molecule has 9 nitrogen and oxygen atoms in total. The van der Waals surface area contributed by atoms with Gasteiger partial charge in [0.25, 0.3) is 11.6 Å². The molecule has 2 aliphatic heterocycles. The first kappa shape index (κ1) is 21.0. The third kappa shape index (κ3) is 4.60. The minimum Gasteiger partial charge on any atom is -0.342 e. The average molecular weight is 425 g/mol. The topological polar surface area (TPSA) is 102 Å². The number of rotatable bonds is 4. The molecule has 0 N–H and O–H groups in total. The molecule has 0 spiro atoms. The molecule has 1 aromatic heterocycles. The van der Waals surface area contributed by atoms with Crippen LogP contribution < -0.4 is 0 Å². The quantitative estimate of drug-likeness (QED) is 0.554. The Hall–Kier alpha value is -3.23. The molecule has 0 aliphatic carbocycles. The first-order valence-corrected chi connectivity index (χ1v) is 10.8. The van der Waals surface area contributed by atoms with E-state index in [9.17, 15) is 19.7 Å². The van der Waals surface area contributed by atoms with Crippen molar-refractivity contribution in [2.75, 3.05) is 26.2 Å². The fourth-order valence-corrected chi connectivity index (χ4v) is 4.45. The lowest BCUT2D eigenvalue weighted by Crippen LogP contribution is -2.47. The van der Waals surface area contributed by atoms with Crippen molar-refractivity contribution in [2.45, 2.75) is 32.6 Å². The summed E-state index contributed by atoms with van der Waals surface area (Å²) in [6.07, 6.45) is 5.28. The van der Waals surface area contributed by atoms with Crippen LogP contribution in [0.3, 0.4) is 0 Å². The molecule has 0 saturated carbocycles. The zero-order valence-corrected chi connectivity index (χ0v) is 17.6. The first-order valence-electron chi connectivity index (χ1n) is 10.8. The molecule has 3 heterocycles. The normalized spacial score (nSPS) is 20.0. The minimum absolute atomic E-state index is 0.00337. The van der Waals surface area contributed by atoms with Gasteiger partial charge in [-0.2, -0.15) is 5.10 Å². The highest BCUT2D eigenvalue weighted by Gasteiger charge is 2.32. The van der Waals surface area contributed by atoms with E-state index >= 15 is 0 Å². The lowest BCUT2D eigenvalue weighted by atomic mass is 9.92. The van der Waals surface area contributed by atoms with E-state index in [2.05, 4.69) is 12.0 Å². The van der Waals surface area contributed by atoms with E-state index in [-0.39, 0.29) is 23.4 Å². The van der Waals surface area contributed by atoms with Crippen molar-refractivity contribution in [3.8, 4) is 5.69 Å². The Morgan fingerprint density at radius 3 is 2.39 bits per heavy atom. The van der Waals surface area contributed by atoms with Gasteiger partial charge in [-0.05, 0) is 49.8 Å². The molecular formula is C22H27N5O4. The predicted molar refractivity (Wildman–Crippen MR) is 114 cm³/mol. The number of aromatic nitrogens is 2. The predicted octanol–water partition coefficient (Wildman–Crippen LogP) is 2.89. The maximum absolute atomic E-state index is 12.9. The molecule has 4 rings (SSSR count). The van der Waals surface area contributed by atoms with Gasteiger partial charge in [-0.1, -0.05) is 6.92 Å². The maximum atomic E-state index is 12.9. The number of non-ortho nitro benzene ring substituents is 1. The summed E-state index contributed by atoms with van der Waals surface area (Å²) < 4.78 is 1.53. The highest BCUT2D eigenvalue weighted by Crippen LogP contribution is 2.24. The fourth-order valence-electron chi connectivity index (χ4n) is 4.45. The summed E-state index contributed by atoms with van der Waals surface area (Å²) in [5, 5.41) is 15.1. The van der Waals surface area contributed by atoms with Gasteiger partial charge in [0, 0.05) is 50.4 Å². The summed E-state index contributed by atoms with van der Waals surface area (Å²) >= 11 is 0. The third-order valence-electron chi connectivity index (χ3n) is 6.23. The lowest BCUT2D eigenvalue weighted by molar-refractivity contribution is -0.384. The molecule has 164 valence electrons. The summed E-state index contributed by atoms with van der Waals surface area (Å²) in [5.74, 6) is 0.636. The summed E-state index contributed by atoms with van der Waals surface area (Å²) in [4.78, 5) is 39.8. The molecule has 9 heteroatoms. The van der Waals surface area contributed by atoms with Crippen LogP contribution in [-0.4, -0.2) is 62.5 Å². The van der Waals surface area contributed by atoms with Crippen LogP contribution in [-0.2, 0) is 4.79 Å². The smallest absolute Gasteiger partial charge is 0.274 e. The number of nitro benzene ring substituents is 1. The zero-order valence-electron chi connectivity index (χ0n) is 17.6. The number of benzene rings is 1. The van der Waals surface area contributed by atoms with Gasteiger partial charge >= 0.3 is 0 Å². The molecule has 2 aromatic rings. The number of piperidine rings is 2. The Morgan fingerprint density at radius 2 is 1.74 bits per heavy atom. The van der Waals surface area contributed by atoms with E-state index < -0.39 is 4.92 Å². The summed E-state index contributed by atoms with van der Waals surface area (Å²) in [5.41, 5.74) is 0.973. The number of carbonyl (C=O) groups is 2. The van der Waals surface area contributed by atoms with Gasteiger partial charge < -0.3 is 9.80 Å². The second-order valence-electron chi connectivity index (χ2n) is 8.52. The maximum Gasteiger partial charge on any atom is 0.274 e. The van der Waals surface area contributed by atoms with Gasteiger partial charge in [0.2, 0.25) is 5.91 Å². The molecule has 0 bridgehead atoms. The van der Waals surface area contributed by atoms with Gasteiger partial charge in [-0.3, -0.25) is 19.7 Å². The average Bonchev–Trinajstić information content (AvgIpc) is 3.28. The first-order chi connectivity index (χ1) is 14.9. The van der Waals surface area contributed by atoms with E-state index in [1.165, 1.54) is 23.2 Å². The van der Waals surface area contributed by atoms with Crippen molar-refractivity contribution in [1.82, 2.24) is 19.6 Å². The van der Waals surface area contributed by atoms with Gasteiger partial charge in [0.05, 0.1) is 10.6 Å². The Bertz CT molecular complexity index is 963. The van der Waals surface area contributed by atoms with Gasteiger partial charge in [0.1, 0.15) is 0 Å². The van der Waals surface area contributed by atoms with Crippen LogP contribution in [0.4, 0.5) is 5.69 Å². The Labute approximate surface area is 180 Å². The van der Waals surface area contributed by atoms with Crippen LogP contribution in [0.2, 0.25) is 0 Å². The molecule has 2 amide bonds. The molecule has 1 unspecified atom stereocenters. The van der Waals surface area contributed by atoms with Crippen molar-refractivity contribution in [1.29, 1.82) is 0 Å². The second kappa shape index (κ2) is 8.87. The van der Waals surface area contributed by atoms with Crippen molar-refractivity contribution >= 4 is 17.5 Å². The van der Waals surface area contributed by atoms with E-state index in [0.29, 0.717) is 43.2 Å². The number of carbonyl (C=O) groups excluding carboxylic acids is 2. The number of hydrogen-bond donors (Lipinski definition) is 0. The zero-order chi connectivity index (χ0) is 22.0. The Kier molecular flexibility index (Phi) is 6.01. The van der Waals surface area contributed by atoms with Crippen molar-refractivity contribution in [3.63, 3.8) is 0 Å².